The van der Waals surface area contributed by atoms with Crippen molar-refractivity contribution in [2.75, 3.05) is 7.11 Å². The summed E-state index contributed by atoms with van der Waals surface area (Å²) in [4.78, 5) is 12.0. The number of rotatable bonds is 4. The van der Waals surface area contributed by atoms with Crippen LogP contribution in [-0.4, -0.2) is 29.2 Å². The summed E-state index contributed by atoms with van der Waals surface area (Å²) in [6, 6.07) is 6.74. The molecular weight excluding hydrogens is 256 g/mol. The lowest BCUT2D eigenvalue weighted by Gasteiger charge is -2.18. The number of ketones is 1. The van der Waals surface area contributed by atoms with E-state index in [1.165, 1.54) is 18.2 Å². The van der Waals surface area contributed by atoms with Gasteiger partial charge in [0.1, 0.15) is 11.5 Å². The van der Waals surface area contributed by atoms with Gasteiger partial charge in [-0.3, -0.25) is 4.79 Å². The van der Waals surface area contributed by atoms with Gasteiger partial charge in [-0.2, -0.15) is 0 Å². The van der Waals surface area contributed by atoms with E-state index in [1.54, 1.807) is 43.5 Å². The van der Waals surface area contributed by atoms with Crippen LogP contribution in [0.2, 0.25) is 0 Å². The summed E-state index contributed by atoms with van der Waals surface area (Å²) in [7, 11) is 1.56. The standard InChI is InChI=1S/C16H16O4/c1-20-12-7-5-11(6-8-12)14(17)10-9-13-15(18)3-2-4-16(13)19/h2-10,13,15,18-19H,1H3/b10-9+. The third-order valence-electron chi connectivity index (χ3n) is 3.11. The smallest absolute Gasteiger partial charge is 0.185 e. The first kappa shape index (κ1) is 14.1. The number of carbonyl (C=O) groups excluding carboxylic acids is 1. The van der Waals surface area contributed by atoms with Crippen LogP contribution in [0.5, 0.6) is 5.75 Å². The molecule has 0 fully saturated rings. The van der Waals surface area contributed by atoms with Crippen molar-refractivity contribution in [2.24, 2.45) is 5.92 Å². The van der Waals surface area contributed by atoms with Crippen LogP contribution < -0.4 is 4.74 Å². The average Bonchev–Trinajstić information content (AvgIpc) is 2.46. The number of carbonyl (C=O) groups is 1. The highest BCUT2D eigenvalue weighted by atomic mass is 16.5. The Morgan fingerprint density at radius 3 is 2.60 bits per heavy atom. The van der Waals surface area contributed by atoms with Gasteiger partial charge in [0.05, 0.1) is 19.1 Å². The number of aliphatic hydroxyl groups excluding tert-OH is 2. The number of allylic oxidation sites excluding steroid dienone is 3. The highest BCUT2D eigenvalue weighted by Crippen LogP contribution is 2.20. The van der Waals surface area contributed by atoms with Crippen LogP contribution in [0.15, 0.2) is 60.4 Å². The maximum atomic E-state index is 12.0. The topological polar surface area (TPSA) is 66.8 Å². The number of methoxy groups -OCH3 is 1. The molecule has 0 saturated heterocycles. The van der Waals surface area contributed by atoms with E-state index >= 15 is 0 Å². The molecule has 1 aromatic rings. The van der Waals surface area contributed by atoms with Gasteiger partial charge in [0.25, 0.3) is 0 Å². The zero-order valence-electron chi connectivity index (χ0n) is 11.1. The Balaban J connectivity index is 2.08. The molecule has 0 aliphatic heterocycles. The maximum absolute atomic E-state index is 12.0. The van der Waals surface area contributed by atoms with Gasteiger partial charge in [-0.25, -0.2) is 0 Å². The van der Waals surface area contributed by atoms with E-state index in [-0.39, 0.29) is 11.5 Å². The fraction of sp³-hybridized carbons (Fsp3) is 0.188. The van der Waals surface area contributed by atoms with Crippen molar-refractivity contribution in [1.82, 2.24) is 0 Å². The molecule has 2 N–H and O–H groups in total. The molecule has 4 nitrogen and oxygen atoms in total. The monoisotopic (exact) mass is 272 g/mol. The van der Waals surface area contributed by atoms with E-state index in [4.69, 9.17) is 4.74 Å². The Morgan fingerprint density at radius 2 is 2.00 bits per heavy atom. The molecule has 0 radical (unpaired) electrons. The van der Waals surface area contributed by atoms with Crippen molar-refractivity contribution in [1.29, 1.82) is 0 Å². The summed E-state index contributed by atoms with van der Waals surface area (Å²) in [5.41, 5.74) is 0.520. The van der Waals surface area contributed by atoms with E-state index in [9.17, 15) is 15.0 Å². The van der Waals surface area contributed by atoms with Crippen molar-refractivity contribution < 1.29 is 19.7 Å². The second-order valence-corrected chi connectivity index (χ2v) is 4.44. The summed E-state index contributed by atoms with van der Waals surface area (Å²) >= 11 is 0. The van der Waals surface area contributed by atoms with E-state index in [0.717, 1.165) is 0 Å². The molecular formula is C16H16O4. The summed E-state index contributed by atoms with van der Waals surface area (Å²) in [6.45, 7) is 0. The van der Waals surface area contributed by atoms with Crippen LogP contribution in [0.1, 0.15) is 10.4 Å². The van der Waals surface area contributed by atoms with Crippen molar-refractivity contribution in [3.05, 3.63) is 66.0 Å². The molecule has 2 unspecified atom stereocenters. The molecule has 0 aromatic heterocycles. The van der Waals surface area contributed by atoms with Crippen LogP contribution >= 0.6 is 0 Å². The Labute approximate surface area is 117 Å². The zero-order chi connectivity index (χ0) is 14.5. The van der Waals surface area contributed by atoms with Crippen molar-refractivity contribution in [3.63, 3.8) is 0 Å². The van der Waals surface area contributed by atoms with Crippen LogP contribution in [0.4, 0.5) is 0 Å². The van der Waals surface area contributed by atoms with Gasteiger partial charge < -0.3 is 14.9 Å². The summed E-state index contributed by atoms with van der Waals surface area (Å²) in [6.07, 6.45) is 6.69. The number of hydrogen-bond acceptors (Lipinski definition) is 4. The Bertz CT molecular complexity index is 567. The Hall–Kier alpha value is -2.33. The van der Waals surface area contributed by atoms with Crippen LogP contribution in [0, 0.1) is 5.92 Å². The van der Waals surface area contributed by atoms with Gasteiger partial charge >= 0.3 is 0 Å². The largest absolute Gasteiger partial charge is 0.512 e. The fourth-order valence-electron chi connectivity index (χ4n) is 1.93. The number of aliphatic hydroxyl groups is 2. The molecule has 0 heterocycles. The minimum atomic E-state index is -0.820. The molecule has 1 aromatic carbocycles. The molecule has 0 saturated carbocycles. The van der Waals surface area contributed by atoms with E-state index in [1.807, 2.05) is 0 Å². The predicted molar refractivity (Wildman–Crippen MR) is 75.8 cm³/mol. The van der Waals surface area contributed by atoms with Gasteiger partial charge in [-0.15, -0.1) is 0 Å². The molecule has 0 spiro atoms. The van der Waals surface area contributed by atoms with Crippen molar-refractivity contribution in [2.45, 2.75) is 6.10 Å². The summed E-state index contributed by atoms with van der Waals surface area (Å²) in [5.74, 6) is -0.0536. The lowest BCUT2D eigenvalue weighted by Crippen LogP contribution is -2.20. The zero-order valence-corrected chi connectivity index (χ0v) is 11.1. The van der Waals surface area contributed by atoms with Gasteiger partial charge in [0.2, 0.25) is 0 Å². The molecule has 0 bridgehead atoms. The minimum absolute atomic E-state index is 0.0405. The number of ether oxygens (including phenoxy) is 1. The SMILES string of the molecule is COc1ccc(C(=O)/C=C/C2C(O)=CC=CC2O)cc1. The molecule has 1 aliphatic carbocycles. The highest BCUT2D eigenvalue weighted by molar-refractivity contribution is 6.04. The first-order valence-corrected chi connectivity index (χ1v) is 6.24. The van der Waals surface area contributed by atoms with Crippen LogP contribution in [0.25, 0.3) is 0 Å². The van der Waals surface area contributed by atoms with Gasteiger partial charge in [-0.1, -0.05) is 18.2 Å². The molecule has 20 heavy (non-hydrogen) atoms. The minimum Gasteiger partial charge on any atom is -0.512 e. The molecule has 4 heteroatoms. The quantitative estimate of drug-likeness (QED) is 0.652. The Morgan fingerprint density at radius 1 is 1.30 bits per heavy atom. The molecule has 104 valence electrons. The lowest BCUT2D eigenvalue weighted by molar-refractivity contribution is 0.104. The van der Waals surface area contributed by atoms with Crippen molar-refractivity contribution in [3.8, 4) is 5.75 Å². The highest BCUT2D eigenvalue weighted by Gasteiger charge is 2.20. The first-order valence-electron chi connectivity index (χ1n) is 6.24. The molecule has 2 atom stereocenters. The summed E-state index contributed by atoms with van der Waals surface area (Å²) < 4.78 is 5.02. The lowest BCUT2D eigenvalue weighted by atomic mass is 9.94. The molecule has 2 rings (SSSR count). The van der Waals surface area contributed by atoms with E-state index < -0.39 is 12.0 Å². The second kappa shape index (κ2) is 6.21. The van der Waals surface area contributed by atoms with E-state index in [0.29, 0.717) is 11.3 Å². The fourth-order valence-corrected chi connectivity index (χ4v) is 1.93. The van der Waals surface area contributed by atoms with Crippen LogP contribution in [-0.2, 0) is 0 Å². The average molecular weight is 272 g/mol. The normalized spacial score (nSPS) is 21.8. The van der Waals surface area contributed by atoms with Crippen LogP contribution in [0.3, 0.4) is 0 Å². The Kier molecular flexibility index (Phi) is 4.38. The second-order valence-electron chi connectivity index (χ2n) is 4.44. The van der Waals surface area contributed by atoms with Crippen molar-refractivity contribution >= 4 is 5.78 Å². The van der Waals surface area contributed by atoms with Gasteiger partial charge in [-0.05, 0) is 36.4 Å². The maximum Gasteiger partial charge on any atom is 0.185 e. The number of hydrogen-bond donors (Lipinski definition) is 2. The third kappa shape index (κ3) is 3.16. The summed E-state index contributed by atoms with van der Waals surface area (Å²) in [5, 5.41) is 19.4. The van der Waals surface area contributed by atoms with E-state index in [2.05, 4.69) is 0 Å². The molecule has 1 aliphatic rings. The first-order chi connectivity index (χ1) is 9.61. The third-order valence-corrected chi connectivity index (χ3v) is 3.11. The number of benzene rings is 1. The molecule has 0 amide bonds. The van der Waals surface area contributed by atoms with Gasteiger partial charge in [0, 0.05) is 5.56 Å². The van der Waals surface area contributed by atoms with Gasteiger partial charge in [0.15, 0.2) is 5.78 Å². The predicted octanol–water partition coefficient (Wildman–Crippen LogP) is 2.42.